The van der Waals surface area contributed by atoms with Gasteiger partial charge >= 0.3 is 0 Å². The van der Waals surface area contributed by atoms with E-state index in [1.54, 1.807) is 0 Å². The Morgan fingerprint density at radius 2 is 0.579 bits per heavy atom. The van der Waals surface area contributed by atoms with Gasteiger partial charge in [-0.15, -0.1) is 0 Å². The van der Waals surface area contributed by atoms with Gasteiger partial charge in [0, 0.05) is 97.1 Å². The van der Waals surface area contributed by atoms with Gasteiger partial charge in [0.15, 0.2) is 0 Å². The second kappa shape index (κ2) is 37.3. The maximum atomic E-state index is 4.65. The molecule has 0 N–H and O–H groups in total. The molecule has 590 valence electrons. The van der Waals surface area contributed by atoms with Gasteiger partial charge in [0.05, 0.1) is 44.1 Å². The number of fused-ring (bicyclic) bond motifs is 8. The molecule has 16 rings (SSSR count). The SMILES string of the molecule is C.CC(C)(C)c1ccc2ccccc2n1.CC(C)(C)c1ccc2cccnc2c1.CC(C)(C)c1ccc2ncccc2c1.CC(C)(C)c1cccc2cccnc12.CC(C)(C)c1cccc2ncccc12.CC(C)(C)c1ccnc2ccccc12.CC(C)(C)c1cnc2ccccc2c1.Cc1ccc2cccc(C(C)(C)C)c2n1. The van der Waals surface area contributed by atoms with E-state index in [1.807, 2.05) is 98.7 Å². The fourth-order valence-corrected chi connectivity index (χ4v) is 13.1. The molecule has 0 amide bonds. The number of rotatable bonds is 0. The fourth-order valence-electron chi connectivity index (χ4n) is 13.1. The highest BCUT2D eigenvalue weighted by molar-refractivity contribution is 5.87. The highest BCUT2D eigenvalue weighted by Gasteiger charge is 2.22. The first-order valence-corrected chi connectivity index (χ1v) is 39.9. The third kappa shape index (κ3) is 24.5. The molecule has 8 aromatic heterocycles. The van der Waals surface area contributed by atoms with Crippen LogP contribution in [-0.2, 0) is 43.3 Å². The zero-order valence-corrected chi connectivity index (χ0v) is 72.2. The smallest absolute Gasteiger partial charge is 0.0742 e. The number of benzene rings is 8. The maximum absolute atomic E-state index is 4.65. The molecule has 8 aromatic carbocycles. The van der Waals surface area contributed by atoms with Crippen molar-refractivity contribution in [2.75, 3.05) is 0 Å². The Labute approximate surface area is 682 Å². The molecule has 0 fully saturated rings. The average Bonchev–Trinajstić information content (AvgIpc) is 0.795. The molecule has 8 heterocycles. The topological polar surface area (TPSA) is 103 Å². The van der Waals surface area contributed by atoms with Crippen molar-refractivity contribution < 1.29 is 0 Å². The summed E-state index contributed by atoms with van der Waals surface area (Å²) >= 11 is 0. The second-order valence-electron chi connectivity index (χ2n) is 37.6. The second-order valence-corrected chi connectivity index (χ2v) is 37.6. The first-order chi connectivity index (χ1) is 53.0. The first-order valence-electron chi connectivity index (χ1n) is 39.9. The maximum Gasteiger partial charge on any atom is 0.0742 e. The molecular weight excluding hydrogens is 1390 g/mol. The summed E-state index contributed by atoms with van der Waals surface area (Å²) in [6, 6.07) is 86.0. The van der Waals surface area contributed by atoms with Gasteiger partial charge in [-0.05, 0) is 175 Å². The molecule has 8 nitrogen and oxygen atoms in total. The number of aromatic nitrogens is 8. The van der Waals surface area contributed by atoms with E-state index in [-0.39, 0.29) is 50.7 Å². The van der Waals surface area contributed by atoms with Crippen molar-refractivity contribution in [3.63, 3.8) is 0 Å². The predicted octanol–water partition coefficient (Wildman–Crippen LogP) is 29.2. The van der Waals surface area contributed by atoms with Crippen LogP contribution in [0.1, 0.15) is 224 Å². The van der Waals surface area contributed by atoms with Crippen LogP contribution in [0.2, 0.25) is 0 Å². The summed E-state index contributed by atoms with van der Waals surface area (Å²) < 4.78 is 0. The molecule has 0 unspecified atom stereocenters. The van der Waals surface area contributed by atoms with Crippen LogP contribution < -0.4 is 0 Å². The summed E-state index contributed by atoms with van der Waals surface area (Å²) in [4.78, 5) is 35.6. The van der Waals surface area contributed by atoms with Crippen molar-refractivity contribution in [2.45, 2.75) is 224 Å². The summed E-state index contributed by atoms with van der Waals surface area (Å²) in [5, 5.41) is 9.85. The average molecular weight is 1510 g/mol. The van der Waals surface area contributed by atoms with Crippen LogP contribution in [0.3, 0.4) is 0 Å². The quantitative estimate of drug-likeness (QED) is 0.148. The molecule has 8 heteroatoms. The third-order valence-electron chi connectivity index (χ3n) is 19.8. The number of para-hydroxylation sites is 5. The molecule has 0 aliphatic heterocycles. The highest BCUT2D eigenvalue weighted by Crippen LogP contribution is 2.34. The van der Waals surface area contributed by atoms with Gasteiger partial charge in [-0.2, -0.15) is 0 Å². The summed E-state index contributed by atoms with van der Waals surface area (Å²) in [6.45, 7) is 55.3. The molecular formula is C106H126N8. The van der Waals surface area contributed by atoms with E-state index in [0.29, 0.717) is 0 Å². The van der Waals surface area contributed by atoms with E-state index >= 15 is 0 Å². The molecule has 0 saturated heterocycles. The van der Waals surface area contributed by atoms with E-state index in [2.05, 4.69) is 400 Å². The van der Waals surface area contributed by atoms with Gasteiger partial charge in [0.2, 0.25) is 0 Å². The van der Waals surface area contributed by atoms with Crippen molar-refractivity contribution in [1.29, 1.82) is 0 Å². The predicted molar refractivity (Wildman–Crippen MR) is 495 cm³/mol. The number of hydrogen-bond acceptors (Lipinski definition) is 8. The lowest BCUT2D eigenvalue weighted by Crippen LogP contribution is -2.13. The zero-order valence-electron chi connectivity index (χ0n) is 72.2. The molecule has 0 aliphatic rings. The summed E-state index contributed by atoms with van der Waals surface area (Å²) in [5.41, 5.74) is 21.7. The van der Waals surface area contributed by atoms with Gasteiger partial charge < -0.3 is 0 Å². The van der Waals surface area contributed by atoms with Gasteiger partial charge in [-0.3, -0.25) is 39.9 Å². The standard InChI is InChI=1S/C14H17N.7C13H15N.CH4/c1-10-8-9-11-6-5-7-12(13(11)15-10)14(2,3)4;1-13(2,3)11-7-4-8-12-10(11)6-5-9-14-12;1-13(2,3)11-8-4-6-10-7-5-9-14-12(10)11;1-13(2,3)11-6-7-12-10(9-11)5-4-8-14-12;1-13(2,3)11-7-6-10-5-4-8-14-12(10)9-11;1-13(2,3)11-8-10-6-4-5-7-12(10)14-9-11;1-13(2,3)11-8-9-14-12-7-5-4-6-10(11)12;1-13(2,3)12-9-8-10-6-4-5-7-11(10)14-12;/h5-9H,1-4H3;7*4-9H,1-3H3;1H4. The molecule has 0 radical (unpaired) electrons. The Bertz CT molecular complexity index is 5210. The third-order valence-corrected chi connectivity index (χ3v) is 19.8. The molecule has 0 saturated carbocycles. The van der Waals surface area contributed by atoms with E-state index in [0.717, 1.165) is 55.5 Å². The Morgan fingerprint density at radius 1 is 0.211 bits per heavy atom. The summed E-state index contributed by atoms with van der Waals surface area (Å²) in [7, 11) is 0. The molecule has 0 aliphatic carbocycles. The van der Waals surface area contributed by atoms with Crippen molar-refractivity contribution in [3.05, 3.63) is 336 Å². The van der Waals surface area contributed by atoms with Crippen LogP contribution in [0.25, 0.3) is 87.2 Å². The molecule has 0 spiro atoms. The molecule has 114 heavy (non-hydrogen) atoms. The first kappa shape index (κ1) is 88.6. The van der Waals surface area contributed by atoms with Crippen LogP contribution >= 0.6 is 0 Å². The highest BCUT2D eigenvalue weighted by atomic mass is 14.7. The number of hydrogen-bond donors (Lipinski definition) is 0. The zero-order chi connectivity index (χ0) is 82.3. The monoisotopic (exact) mass is 1510 g/mol. The van der Waals surface area contributed by atoms with Crippen LogP contribution in [-0.4, -0.2) is 39.9 Å². The van der Waals surface area contributed by atoms with Crippen molar-refractivity contribution >= 4 is 87.2 Å². The lowest BCUT2D eigenvalue weighted by molar-refractivity contribution is 0.571. The number of aryl methyl sites for hydroxylation is 1. The van der Waals surface area contributed by atoms with Crippen molar-refractivity contribution in [2.24, 2.45) is 0 Å². The lowest BCUT2D eigenvalue weighted by atomic mass is 9.84. The van der Waals surface area contributed by atoms with E-state index in [9.17, 15) is 0 Å². The van der Waals surface area contributed by atoms with Gasteiger partial charge in [-0.25, -0.2) is 0 Å². The molecule has 16 aromatic rings. The minimum atomic E-state index is 0. The van der Waals surface area contributed by atoms with Gasteiger partial charge in [0.25, 0.3) is 0 Å². The fraction of sp³-hybridized carbons (Fsp3) is 0.321. The van der Waals surface area contributed by atoms with E-state index in [1.165, 1.54) is 82.0 Å². The Kier molecular flexibility index (Phi) is 29.0. The molecule has 0 bridgehead atoms. The van der Waals surface area contributed by atoms with Crippen molar-refractivity contribution in [1.82, 2.24) is 39.9 Å². The van der Waals surface area contributed by atoms with Crippen LogP contribution in [0.4, 0.5) is 0 Å². The Balaban J connectivity index is 0.000000163. The Morgan fingerprint density at radius 3 is 1.17 bits per heavy atom. The van der Waals surface area contributed by atoms with E-state index in [4.69, 9.17) is 0 Å². The minimum Gasteiger partial charge on any atom is -0.256 e. The van der Waals surface area contributed by atoms with Gasteiger partial charge in [0.1, 0.15) is 0 Å². The molecule has 0 atom stereocenters. The van der Waals surface area contributed by atoms with E-state index < -0.39 is 0 Å². The number of nitrogens with zero attached hydrogens (tertiary/aromatic N) is 8. The summed E-state index contributed by atoms with van der Waals surface area (Å²) in [6.07, 6.45) is 11.2. The lowest BCUT2D eigenvalue weighted by Gasteiger charge is -2.20. The van der Waals surface area contributed by atoms with Gasteiger partial charge in [-0.1, -0.05) is 331 Å². The summed E-state index contributed by atoms with van der Waals surface area (Å²) in [5.74, 6) is 0. The van der Waals surface area contributed by atoms with Crippen LogP contribution in [0.15, 0.2) is 286 Å². The number of pyridine rings is 8. The van der Waals surface area contributed by atoms with Crippen LogP contribution in [0.5, 0.6) is 0 Å². The van der Waals surface area contributed by atoms with Crippen LogP contribution in [0, 0.1) is 6.92 Å². The Hall–Kier alpha value is -11.0. The normalized spacial score (nSPS) is 11.8. The van der Waals surface area contributed by atoms with Crippen molar-refractivity contribution in [3.8, 4) is 0 Å². The minimum absolute atomic E-state index is 0. The largest absolute Gasteiger partial charge is 0.256 e.